The van der Waals surface area contributed by atoms with Crippen LogP contribution in [0.5, 0.6) is 0 Å². The summed E-state index contributed by atoms with van der Waals surface area (Å²) in [4.78, 5) is 11.5. The minimum Gasteiger partial charge on any atom is -0.412 e. The molecule has 0 spiro atoms. The van der Waals surface area contributed by atoms with Gasteiger partial charge in [-0.25, -0.2) is 4.79 Å². The first-order chi connectivity index (χ1) is 7.31. The van der Waals surface area contributed by atoms with Crippen LogP contribution in [0.4, 0.5) is 4.79 Å². The van der Waals surface area contributed by atoms with Crippen LogP contribution in [0.2, 0.25) is 0 Å². The Labute approximate surface area is 105 Å². The van der Waals surface area contributed by atoms with E-state index in [2.05, 4.69) is 0 Å². The molecule has 2 atom stereocenters. The monoisotopic (exact) mass is 266 g/mol. The lowest BCUT2D eigenvalue weighted by molar-refractivity contribution is -0.0304. The first kappa shape index (κ1) is 12.3. The molecule has 92 valence electrons. The summed E-state index contributed by atoms with van der Waals surface area (Å²) in [7, 11) is 0. The van der Waals surface area contributed by atoms with Crippen molar-refractivity contribution in [3.05, 3.63) is 0 Å². The summed E-state index contributed by atoms with van der Waals surface area (Å²) in [6.45, 7) is 3.38. The standard InChI is InChI=1S/C11H16Cl2O3/c1-10(12,7-3-4-7)15-9(14)16-11(2,13)8-5-6-8/h7-8H,3-6H2,1-2H3. The maximum absolute atomic E-state index is 11.5. The van der Waals surface area contributed by atoms with Crippen LogP contribution >= 0.6 is 23.2 Å². The number of hydrogen-bond donors (Lipinski definition) is 0. The third-order valence-electron chi connectivity index (χ3n) is 3.18. The summed E-state index contributed by atoms with van der Waals surface area (Å²) >= 11 is 12.2. The van der Waals surface area contributed by atoms with Crippen LogP contribution in [0.25, 0.3) is 0 Å². The van der Waals surface area contributed by atoms with Gasteiger partial charge in [0.1, 0.15) is 0 Å². The van der Waals surface area contributed by atoms with Crippen molar-refractivity contribution in [3.63, 3.8) is 0 Å². The SMILES string of the molecule is CC(Cl)(OC(=O)OC(C)(Cl)C1CC1)C1CC1. The molecule has 5 heteroatoms. The zero-order valence-electron chi connectivity index (χ0n) is 9.46. The number of carbonyl (C=O) groups excluding carboxylic acids is 1. The third-order valence-corrected chi connectivity index (χ3v) is 3.95. The van der Waals surface area contributed by atoms with Crippen molar-refractivity contribution in [3.8, 4) is 0 Å². The minimum absolute atomic E-state index is 0.240. The first-order valence-corrected chi connectivity index (χ1v) is 6.36. The number of alkyl halides is 2. The van der Waals surface area contributed by atoms with E-state index in [9.17, 15) is 4.79 Å². The summed E-state index contributed by atoms with van der Waals surface area (Å²) in [5.41, 5.74) is 0. The molecule has 2 aliphatic carbocycles. The van der Waals surface area contributed by atoms with E-state index >= 15 is 0 Å². The number of ether oxygens (including phenoxy) is 2. The van der Waals surface area contributed by atoms with Crippen molar-refractivity contribution in [2.24, 2.45) is 11.8 Å². The number of rotatable bonds is 4. The molecule has 0 aromatic carbocycles. The van der Waals surface area contributed by atoms with Crippen molar-refractivity contribution >= 4 is 29.4 Å². The Morgan fingerprint density at radius 2 is 1.31 bits per heavy atom. The summed E-state index contributed by atoms with van der Waals surface area (Å²) in [5, 5.41) is -1.90. The molecule has 2 saturated carbocycles. The van der Waals surface area contributed by atoms with Gasteiger partial charge in [0.2, 0.25) is 0 Å². The molecule has 0 aromatic heterocycles. The topological polar surface area (TPSA) is 35.5 Å². The molecular formula is C11H16Cl2O3. The molecule has 0 heterocycles. The predicted molar refractivity (Wildman–Crippen MR) is 61.5 cm³/mol. The lowest BCUT2D eigenvalue weighted by atomic mass is 10.2. The van der Waals surface area contributed by atoms with Gasteiger partial charge in [-0.3, -0.25) is 0 Å². The quantitative estimate of drug-likeness (QED) is 0.573. The van der Waals surface area contributed by atoms with E-state index in [0.29, 0.717) is 0 Å². The van der Waals surface area contributed by atoms with Crippen LogP contribution in [-0.4, -0.2) is 16.3 Å². The Balaban J connectivity index is 1.83. The van der Waals surface area contributed by atoms with E-state index in [4.69, 9.17) is 32.7 Å². The summed E-state index contributed by atoms with van der Waals surface area (Å²) in [6, 6.07) is 0. The second kappa shape index (κ2) is 3.95. The van der Waals surface area contributed by atoms with E-state index in [-0.39, 0.29) is 11.8 Å². The minimum atomic E-state index is -0.951. The Kier molecular flexibility index (Phi) is 3.04. The largest absolute Gasteiger partial charge is 0.511 e. The number of carbonyl (C=O) groups is 1. The zero-order chi connectivity index (χ0) is 12.0. The average Bonchev–Trinajstić information content (AvgIpc) is 2.97. The molecule has 16 heavy (non-hydrogen) atoms. The second-order valence-corrected chi connectivity index (χ2v) is 6.48. The Bertz CT molecular complexity index is 266. The van der Waals surface area contributed by atoms with E-state index in [1.165, 1.54) is 0 Å². The van der Waals surface area contributed by atoms with Crippen LogP contribution in [0.3, 0.4) is 0 Å². The van der Waals surface area contributed by atoms with Gasteiger partial charge in [0.15, 0.2) is 10.1 Å². The molecule has 0 radical (unpaired) electrons. The molecule has 2 fully saturated rings. The van der Waals surface area contributed by atoms with Crippen molar-refractivity contribution in [1.82, 2.24) is 0 Å². The summed E-state index contributed by atoms with van der Waals surface area (Å²) in [5.74, 6) is 0.480. The van der Waals surface area contributed by atoms with Gasteiger partial charge in [-0.2, -0.15) is 0 Å². The second-order valence-electron chi connectivity index (χ2n) is 4.97. The maximum atomic E-state index is 11.5. The van der Waals surface area contributed by atoms with Gasteiger partial charge in [-0.15, -0.1) is 0 Å². The lowest BCUT2D eigenvalue weighted by Gasteiger charge is -2.26. The van der Waals surface area contributed by atoms with Crippen molar-refractivity contribution in [1.29, 1.82) is 0 Å². The van der Waals surface area contributed by atoms with E-state index in [1.54, 1.807) is 13.8 Å². The fraction of sp³-hybridized carbons (Fsp3) is 0.909. The van der Waals surface area contributed by atoms with Crippen molar-refractivity contribution in [2.75, 3.05) is 0 Å². The van der Waals surface area contributed by atoms with E-state index < -0.39 is 16.3 Å². The van der Waals surface area contributed by atoms with Gasteiger partial charge < -0.3 is 9.47 Å². The average molecular weight is 267 g/mol. The van der Waals surface area contributed by atoms with Gasteiger partial charge >= 0.3 is 6.16 Å². The molecule has 0 aromatic rings. The molecule has 0 N–H and O–H groups in total. The molecular weight excluding hydrogens is 251 g/mol. The Hall–Kier alpha value is -0.150. The third kappa shape index (κ3) is 2.95. The Morgan fingerprint density at radius 3 is 1.56 bits per heavy atom. The van der Waals surface area contributed by atoms with Crippen molar-refractivity contribution in [2.45, 2.75) is 49.7 Å². The highest BCUT2D eigenvalue weighted by molar-refractivity contribution is 6.24. The molecule has 2 rings (SSSR count). The molecule has 0 bridgehead atoms. The van der Waals surface area contributed by atoms with Crippen LogP contribution < -0.4 is 0 Å². The number of hydrogen-bond acceptors (Lipinski definition) is 3. The van der Waals surface area contributed by atoms with Crippen LogP contribution in [0.1, 0.15) is 39.5 Å². The normalized spacial score (nSPS) is 27.8. The van der Waals surface area contributed by atoms with Crippen molar-refractivity contribution < 1.29 is 14.3 Å². The smallest absolute Gasteiger partial charge is 0.412 e. The fourth-order valence-corrected chi connectivity index (χ4v) is 2.27. The first-order valence-electron chi connectivity index (χ1n) is 5.61. The van der Waals surface area contributed by atoms with Gasteiger partial charge in [0.05, 0.1) is 0 Å². The van der Waals surface area contributed by atoms with Gasteiger partial charge in [0, 0.05) is 11.8 Å². The lowest BCUT2D eigenvalue weighted by Crippen LogP contribution is -2.33. The molecule has 2 aliphatic rings. The van der Waals surface area contributed by atoms with E-state index in [0.717, 1.165) is 25.7 Å². The zero-order valence-corrected chi connectivity index (χ0v) is 11.0. The summed E-state index contributed by atoms with van der Waals surface area (Å²) in [6.07, 6.45) is 3.21. The highest BCUT2D eigenvalue weighted by Crippen LogP contribution is 2.47. The van der Waals surface area contributed by atoms with Crippen LogP contribution in [0.15, 0.2) is 0 Å². The van der Waals surface area contributed by atoms with Gasteiger partial charge in [0.25, 0.3) is 0 Å². The van der Waals surface area contributed by atoms with Crippen LogP contribution in [-0.2, 0) is 9.47 Å². The summed E-state index contributed by atoms with van der Waals surface area (Å²) < 4.78 is 10.2. The molecule has 0 aliphatic heterocycles. The highest BCUT2D eigenvalue weighted by atomic mass is 35.5. The maximum Gasteiger partial charge on any atom is 0.511 e. The number of halogens is 2. The molecule has 3 nitrogen and oxygen atoms in total. The molecule has 0 amide bonds. The van der Waals surface area contributed by atoms with E-state index in [1.807, 2.05) is 0 Å². The fourth-order valence-electron chi connectivity index (χ4n) is 1.71. The van der Waals surface area contributed by atoms with Gasteiger partial charge in [-0.1, -0.05) is 23.2 Å². The predicted octanol–water partition coefficient (Wildman–Crippen LogP) is 3.87. The molecule has 0 saturated heterocycles. The highest BCUT2D eigenvalue weighted by Gasteiger charge is 2.47. The van der Waals surface area contributed by atoms with Crippen LogP contribution in [0, 0.1) is 11.8 Å². The Morgan fingerprint density at radius 1 is 1.00 bits per heavy atom. The van der Waals surface area contributed by atoms with Gasteiger partial charge in [-0.05, 0) is 39.5 Å². The molecule has 2 unspecified atom stereocenters.